The SMILES string of the molecule is Cc1cc(C(O)Cc2cccc(Cl)c2)ccc1F. The maximum absolute atomic E-state index is 13.1. The predicted molar refractivity (Wildman–Crippen MR) is 71.3 cm³/mol. The van der Waals surface area contributed by atoms with Gasteiger partial charge in [-0.3, -0.25) is 0 Å². The Balaban J connectivity index is 2.16. The summed E-state index contributed by atoms with van der Waals surface area (Å²) in [5.74, 6) is -0.256. The first-order chi connectivity index (χ1) is 8.56. The molecule has 0 saturated carbocycles. The first kappa shape index (κ1) is 13.1. The molecule has 1 N–H and O–H groups in total. The van der Waals surface area contributed by atoms with E-state index in [4.69, 9.17) is 11.6 Å². The maximum Gasteiger partial charge on any atom is 0.126 e. The van der Waals surface area contributed by atoms with Crippen LogP contribution in [-0.4, -0.2) is 5.11 Å². The average molecular weight is 265 g/mol. The van der Waals surface area contributed by atoms with Gasteiger partial charge in [0.1, 0.15) is 5.82 Å². The van der Waals surface area contributed by atoms with Gasteiger partial charge in [0.2, 0.25) is 0 Å². The second kappa shape index (κ2) is 5.51. The van der Waals surface area contributed by atoms with Gasteiger partial charge in [0.05, 0.1) is 6.10 Å². The van der Waals surface area contributed by atoms with Gasteiger partial charge in [-0.15, -0.1) is 0 Å². The standard InChI is InChI=1S/C15H14ClFO/c1-10-7-12(5-6-14(10)17)15(18)9-11-3-2-4-13(16)8-11/h2-8,15,18H,9H2,1H3. The summed E-state index contributed by atoms with van der Waals surface area (Å²) in [6, 6.07) is 12.0. The molecule has 1 atom stereocenters. The lowest BCUT2D eigenvalue weighted by molar-refractivity contribution is 0.178. The number of benzene rings is 2. The Morgan fingerprint density at radius 3 is 2.67 bits per heavy atom. The fraction of sp³-hybridized carbons (Fsp3) is 0.200. The molecule has 1 nitrogen and oxygen atoms in total. The predicted octanol–water partition coefficient (Wildman–Crippen LogP) is 4.06. The molecule has 94 valence electrons. The lowest BCUT2D eigenvalue weighted by atomic mass is 10.00. The molecule has 0 aliphatic heterocycles. The molecule has 0 amide bonds. The summed E-state index contributed by atoms with van der Waals surface area (Å²) in [7, 11) is 0. The van der Waals surface area contributed by atoms with Crippen molar-refractivity contribution in [3.05, 3.63) is 70.0 Å². The van der Waals surface area contributed by atoms with Crippen LogP contribution in [-0.2, 0) is 6.42 Å². The van der Waals surface area contributed by atoms with Crippen LogP contribution in [0.3, 0.4) is 0 Å². The molecule has 18 heavy (non-hydrogen) atoms. The van der Waals surface area contributed by atoms with E-state index in [0.29, 0.717) is 22.6 Å². The normalized spacial score (nSPS) is 12.4. The van der Waals surface area contributed by atoms with Crippen molar-refractivity contribution in [3.63, 3.8) is 0 Å². The number of hydrogen-bond acceptors (Lipinski definition) is 1. The lowest BCUT2D eigenvalue weighted by Gasteiger charge is -2.12. The highest BCUT2D eigenvalue weighted by Crippen LogP contribution is 2.22. The first-order valence-corrected chi connectivity index (χ1v) is 6.12. The van der Waals surface area contributed by atoms with E-state index in [1.807, 2.05) is 18.2 Å². The van der Waals surface area contributed by atoms with Crippen LogP contribution in [0.1, 0.15) is 22.8 Å². The van der Waals surface area contributed by atoms with Gasteiger partial charge in [-0.25, -0.2) is 4.39 Å². The van der Waals surface area contributed by atoms with Gasteiger partial charge in [-0.2, -0.15) is 0 Å². The van der Waals surface area contributed by atoms with E-state index in [-0.39, 0.29) is 5.82 Å². The van der Waals surface area contributed by atoms with E-state index in [1.165, 1.54) is 6.07 Å². The van der Waals surface area contributed by atoms with Crippen molar-refractivity contribution >= 4 is 11.6 Å². The van der Waals surface area contributed by atoms with Crippen LogP contribution >= 0.6 is 11.6 Å². The van der Waals surface area contributed by atoms with Gasteiger partial charge in [-0.1, -0.05) is 35.9 Å². The van der Waals surface area contributed by atoms with Crippen LogP contribution in [0.2, 0.25) is 5.02 Å². The lowest BCUT2D eigenvalue weighted by Crippen LogP contribution is -2.02. The summed E-state index contributed by atoms with van der Waals surface area (Å²) in [5, 5.41) is 10.8. The van der Waals surface area contributed by atoms with Crippen molar-refractivity contribution in [1.29, 1.82) is 0 Å². The van der Waals surface area contributed by atoms with E-state index in [9.17, 15) is 9.50 Å². The van der Waals surface area contributed by atoms with Gasteiger partial charge in [0.15, 0.2) is 0 Å². The molecule has 0 bridgehead atoms. The summed E-state index contributed by atoms with van der Waals surface area (Å²) in [6.07, 6.45) is -0.186. The molecule has 0 aliphatic carbocycles. The smallest absolute Gasteiger partial charge is 0.126 e. The van der Waals surface area contributed by atoms with Crippen LogP contribution in [0, 0.1) is 12.7 Å². The zero-order valence-corrected chi connectivity index (χ0v) is 10.8. The Morgan fingerprint density at radius 2 is 2.00 bits per heavy atom. The molecular weight excluding hydrogens is 251 g/mol. The van der Waals surface area contributed by atoms with Gasteiger partial charge >= 0.3 is 0 Å². The minimum atomic E-state index is -0.650. The summed E-state index contributed by atoms with van der Waals surface area (Å²) in [4.78, 5) is 0. The number of hydrogen-bond donors (Lipinski definition) is 1. The largest absolute Gasteiger partial charge is 0.388 e. The summed E-state index contributed by atoms with van der Waals surface area (Å²) >= 11 is 5.89. The fourth-order valence-corrected chi connectivity index (χ4v) is 2.09. The van der Waals surface area contributed by atoms with Gasteiger partial charge in [0, 0.05) is 11.4 Å². The van der Waals surface area contributed by atoms with Crippen molar-refractivity contribution in [2.75, 3.05) is 0 Å². The highest BCUT2D eigenvalue weighted by molar-refractivity contribution is 6.30. The number of rotatable bonds is 3. The van der Waals surface area contributed by atoms with Crippen molar-refractivity contribution in [3.8, 4) is 0 Å². The van der Waals surface area contributed by atoms with Crippen LogP contribution in [0.25, 0.3) is 0 Å². The number of aliphatic hydroxyl groups excluding tert-OH is 1. The second-order valence-corrected chi connectivity index (χ2v) is 4.79. The molecule has 0 heterocycles. The number of halogens is 2. The van der Waals surface area contributed by atoms with Crippen molar-refractivity contribution in [2.24, 2.45) is 0 Å². The summed E-state index contributed by atoms with van der Waals surface area (Å²) < 4.78 is 13.1. The van der Waals surface area contributed by atoms with Gasteiger partial charge in [-0.05, 0) is 41.8 Å². The summed E-state index contributed by atoms with van der Waals surface area (Å²) in [6.45, 7) is 1.69. The second-order valence-electron chi connectivity index (χ2n) is 4.36. The van der Waals surface area contributed by atoms with E-state index >= 15 is 0 Å². The molecular formula is C15H14ClFO. The third kappa shape index (κ3) is 3.09. The molecule has 0 radical (unpaired) electrons. The molecule has 2 aromatic carbocycles. The molecule has 2 rings (SSSR count). The molecule has 0 aliphatic rings. The maximum atomic E-state index is 13.1. The summed E-state index contributed by atoms with van der Waals surface area (Å²) in [5.41, 5.74) is 2.21. The Hall–Kier alpha value is -1.38. The molecule has 1 unspecified atom stereocenters. The van der Waals surface area contributed by atoms with Crippen LogP contribution in [0.4, 0.5) is 4.39 Å². The average Bonchev–Trinajstić information content (AvgIpc) is 2.32. The molecule has 0 saturated heterocycles. The quantitative estimate of drug-likeness (QED) is 0.886. The van der Waals surface area contributed by atoms with Crippen molar-refractivity contribution in [1.82, 2.24) is 0 Å². The Labute approximate surface area is 111 Å². The van der Waals surface area contributed by atoms with E-state index in [1.54, 1.807) is 25.1 Å². The monoisotopic (exact) mass is 264 g/mol. The third-order valence-corrected chi connectivity index (χ3v) is 3.12. The molecule has 2 aromatic rings. The van der Waals surface area contributed by atoms with E-state index in [0.717, 1.165) is 5.56 Å². The topological polar surface area (TPSA) is 20.2 Å². The van der Waals surface area contributed by atoms with E-state index < -0.39 is 6.10 Å². The Morgan fingerprint density at radius 1 is 1.22 bits per heavy atom. The van der Waals surface area contributed by atoms with Crippen LogP contribution in [0.15, 0.2) is 42.5 Å². The van der Waals surface area contributed by atoms with Gasteiger partial charge in [0.25, 0.3) is 0 Å². The fourth-order valence-electron chi connectivity index (χ4n) is 1.88. The zero-order chi connectivity index (χ0) is 13.1. The number of aliphatic hydroxyl groups is 1. The molecule has 0 aromatic heterocycles. The molecule has 0 spiro atoms. The van der Waals surface area contributed by atoms with Crippen LogP contribution in [0.5, 0.6) is 0 Å². The number of aryl methyl sites for hydroxylation is 1. The highest BCUT2D eigenvalue weighted by Gasteiger charge is 2.10. The van der Waals surface area contributed by atoms with Crippen molar-refractivity contribution in [2.45, 2.75) is 19.4 Å². The van der Waals surface area contributed by atoms with E-state index in [2.05, 4.69) is 0 Å². The zero-order valence-electron chi connectivity index (χ0n) is 10.0. The molecule has 0 fully saturated rings. The minimum absolute atomic E-state index is 0.256. The Bertz CT molecular complexity index is 554. The van der Waals surface area contributed by atoms with Gasteiger partial charge < -0.3 is 5.11 Å². The first-order valence-electron chi connectivity index (χ1n) is 5.75. The van der Waals surface area contributed by atoms with Crippen LogP contribution < -0.4 is 0 Å². The minimum Gasteiger partial charge on any atom is -0.388 e. The molecule has 3 heteroatoms. The van der Waals surface area contributed by atoms with Crippen molar-refractivity contribution < 1.29 is 9.50 Å². The highest BCUT2D eigenvalue weighted by atomic mass is 35.5. The third-order valence-electron chi connectivity index (χ3n) is 2.88. The Kier molecular flexibility index (Phi) is 4.00.